The van der Waals surface area contributed by atoms with Crippen molar-refractivity contribution < 1.29 is 18.4 Å². The van der Waals surface area contributed by atoms with Crippen LogP contribution in [0.15, 0.2) is 48.2 Å². The molecule has 0 spiro atoms. The van der Waals surface area contributed by atoms with Gasteiger partial charge in [-0.1, -0.05) is 31.2 Å². The minimum absolute atomic E-state index is 0.0800. The van der Waals surface area contributed by atoms with Crippen molar-refractivity contribution in [2.24, 2.45) is 0 Å². The van der Waals surface area contributed by atoms with Gasteiger partial charge >= 0.3 is 0 Å². The van der Waals surface area contributed by atoms with E-state index >= 15 is 0 Å². The predicted octanol–water partition coefficient (Wildman–Crippen LogP) is 3.31. The average molecular weight is 399 g/mol. The molecule has 0 saturated heterocycles. The third-order valence-corrected chi connectivity index (χ3v) is 4.85. The summed E-state index contributed by atoms with van der Waals surface area (Å²) in [6.07, 6.45) is 0.461. The first-order chi connectivity index (χ1) is 13.9. The first-order valence-corrected chi connectivity index (χ1v) is 9.49. The zero-order chi connectivity index (χ0) is 21.0. The Bertz CT molecular complexity index is 955. The van der Waals surface area contributed by atoms with Crippen LogP contribution in [-0.4, -0.2) is 23.4 Å². The molecule has 0 unspecified atom stereocenters. The molecule has 0 aromatic heterocycles. The van der Waals surface area contributed by atoms with E-state index < -0.39 is 17.6 Å². The Kier molecular flexibility index (Phi) is 6.39. The maximum Gasteiger partial charge on any atom is 0.260 e. The van der Waals surface area contributed by atoms with Gasteiger partial charge in [-0.05, 0) is 42.7 Å². The second-order valence-electron chi connectivity index (χ2n) is 6.83. The number of fused-ring (bicyclic) bond motifs is 1. The number of carbonyl (C=O) groups excluding carboxylic acids is 2. The maximum atomic E-state index is 14.3. The highest BCUT2D eigenvalue weighted by Crippen LogP contribution is 2.32. The van der Waals surface area contributed by atoms with Gasteiger partial charge in [-0.2, -0.15) is 0 Å². The molecule has 1 heterocycles. The van der Waals surface area contributed by atoms with Crippen LogP contribution in [0.5, 0.6) is 0 Å². The zero-order valence-corrected chi connectivity index (χ0v) is 16.4. The lowest BCUT2D eigenvalue weighted by molar-refractivity contribution is -0.127. The third-order valence-electron chi connectivity index (χ3n) is 4.85. The van der Waals surface area contributed by atoms with Crippen molar-refractivity contribution in [3.8, 4) is 0 Å². The maximum absolute atomic E-state index is 14.3. The molecule has 1 aliphatic heterocycles. The summed E-state index contributed by atoms with van der Waals surface area (Å²) in [6.45, 7) is 4.56. The number of aryl methyl sites for hydroxylation is 1. The van der Waals surface area contributed by atoms with Crippen LogP contribution in [0.1, 0.15) is 37.0 Å². The van der Waals surface area contributed by atoms with Crippen molar-refractivity contribution in [2.45, 2.75) is 33.2 Å². The van der Waals surface area contributed by atoms with Crippen molar-refractivity contribution in [1.29, 1.82) is 0 Å². The summed E-state index contributed by atoms with van der Waals surface area (Å²) in [6, 6.07) is 10.5. The van der Waals surface area contributed by atoms with E-state index in [-0.39, 0.29) is 24.4 Å². The Morgan fingerprint density at radius 1 is 1.10 bits per heavy atom. The molecule has 0 atom stereocenters. The molecule has 2 aromatic carbocycles. The summed E-state index contributed by atoms with van der Waals surface area (Å²) in [5.41, 5.74) is 5.68. The van der Waals surface area contributed by atoms with Crippen molar-refractivity contribution >= 4 is 17.4 Å². The van der Waals surface area contributed by atoms with Gasteiger partial charge < -0.3 is 5.01 Å². The normalized spacial score (nSPS) is 13.3. The van der Waals surface area contributed by atoms with Crippen LogP contribution >= 0.6 is 0 Å². The van der Waals surface area contributed by atoms with Gasteiger partial charge in [0.25, 0.3) is 5.91 Å². The highest BCUT2D eigenvalue weighted by molar-refractivity contribution is 6.24. The predicted molar refractivity (Wildman–Crippen MR) is 106 cm³/mol. The van der Waals surface area contributed by atoms with Gasteiger partial charge in [0.05, 0.1) is 12.1 Å². The number of imide groups is 1. The van der Waals surface area contributed by atoms with Gasteiger partial charge in [0.1, 0.15) is 11.6 Å². The number of hydrazine groups is 1. The Morgan fingerprint density at radius 3 is 2.52 bits per heavy atom. The second kappa shape index (κ2) is 8.96. The number of hydrogen-bond donors (Lipinski definition) is 2. The largest absolute Gasteiger partial charge is 0.307 e. The monoisotopic (exact) mass is 399 g/mol. The molecule has 3 rings (SSSR count). The van der Waals surface area contributed by atoms with Crippen LogP contribution in [0.4, 0.5) is 8.78 Å². The summed E-state index contributed by atoms with van der Waals surface area (Å²) in [5, 5.41) is 4.11. The minimum Gasteiger partial charge on any atom is -0.307 e. The Labute approximate surface area is 168 Å². The number of rotatable bonds is 6. The number of carbonyl (C=O) groups is 2. The number of nitrogens with zero attached hydrogens (tertiary/aromatic N) is 1. The van der Waals surface area contributed by atoms with E-state index in [1.807, 2.05) is 6.92 Å². The Hall–Kier alpha value is -3.06. The van der Waals surface area contributed by atoms with Crippen LogP contribution in [0.2, 0.25) is 0 Å². The average Bonchev–Trinajstić information content (AvgIpc) is 2.69. The molecular formula is C22H23F2N3O2. The molecular weight excluding hydrogens is 376 g/mol. The number of benzene rings is 2. The van der Waals surface area contributed by atoms with Crippen LogP contribution in [-0.2, 0) is 22.6 Å². The van der Waals surface area contributed by atoms with Gasteiger partial charge in [0, 0.05) is 24.2 Å². The molecule has 0 bridgehead atoms. The van der Waals surface area contributed by atoms with E-state index in [1.54, 1.807) is 36.2 Å². The Morgan fingerprint density at radius 2 is 1.83 bits per heavy atom. The van der Waals surface area contributed by atoms with Crippen molar-refractivity contribution in [1.82, 2.24) is 15.8 Å². The fourth-order valence-electron chi connectivity index (χ4n) is 3.37. The lowest BCUT2D eigenvalue weighted by Gasteiger charge is -2.33. The van der Waals surface area contributed by atoms with Crippen LogP contribution in [0, 0.1) is 11.6 Å². The molecule has 0 fully saturated rings. The van der Waals surface area contributed by atoms with E-state index in [2.05, 4.69) is 10.7 Å². The molecule has 0 aliphatic carbocycles. The minimum atomic E-state index is -0.568. The summed E-state index contributed by atoms with van der Waals surface area (Å²) in [4.78, 5) is 25.2. The molecule has 29 heavy (non-hydrogen) atoms. The van der Waals surface area contributed by atoms with Crippen molar-refractivity contribution in [3.63, 3.8) is 0 Å². The smallest absolute Gasteiger partial charge is 0.260 e. The zero-order valence-electron chi connectivity index (χ0n) is 16.4. The van der Waals surface area contributed by atoms with Crippen molar-refractivity contribution in [2.75, 3.05) is 6.54 Å². The lowest BCUT2D eigenvalue weighted by atomic mass is 9.93. The number of amides is 2. The SMILES string of the molecule is CCNN1Cc2c(F)cccc2C(C(=O)NC(=O)CCc2ccc(F)cc2)=C1C. The standard InChI is InChI=1S/C22H23F2N3O2/c1-3-25-27-13-18-17(5-4-6-19(18)24)21(14(27)2)22(29)26-20(28)12-9-15-7-10-16(23)11-8-15/h4-8,10-11,25H,3,9,12-13H2,1-2H3,(H,26,28,29). The fraction of sp³-hybridized carbons (Fsp3) is 0.273. The molecule has 152 valence electrons. The van der Waals surface area contributed by atoms with Gasteiger partial charge in [-0.3, -0.25) is 14.9 Å². The molecule has 7 heteroatoms. The number of nitrogens with one attached hydrogen (secondary N) is 2. The van der Waals surface area contributed by atoms with E-state index in [0.717, 1.165) is 5.56 Å². The van der Waals surface area contributed by atoms with Gasteiger partial charge in [0.2, 0.25) is 5.91 Å². The van der Waals surface area contributed by atoms with E-state index in [4.69, 9.17) is 0 Å². The van der Waals surface area contributed by atoms with Gasteiger partial charge in [0.15, 0.2) is 0 Å². The van der Waals surface area contributed by atoms with Crippen LogP contribution in [0.3, 0.4) is 0 Å². The van der Waals surface area contributed by atoms with E-state index in [9.17, 15) is 18.4 Å². The molecule has 2 aromatic rings. The molecule has 5 nitrogen and oxygen atoms in total. The Balaban J connectivity index is 1.77. The summed E-state index contributed by atoms with van der Waals surface area (Å²) in [5.74, 6) is -1.76. The topological polar surface area (TPSA) is 61.4 Å². The fourth-order valence-corrected chi connectivity index (χ4v) is 3.37. The summed E-state index contributed by atoms with van der Waals surface area (Å²) < 4.78 is 27.3. The first kappa shape index (κ1) is 20.7. The first-order valence-electron chi connectivity index (χ1n) is 9.49. The highest BCUT2D eigenvalue weighted by atomic mass is 19.1. The summed E-state index contributed by atoms with van der Waals surface area (Å²) >= 11 is 0. The molecule has 1 aliphatic rings. The lowest BCUT2D eigenvalue weighted by Crippen LogP contribution is -2.41. The van der Waals surface area contributed by atoms with Crippen LogP contribution in [0.25, 0.3) is 5.57 Å². The number of halogens is 2. The molecule has 2 N–H and O–H groups in total. The number of hydrogen-bond acceptors (Lipinski definition) is 4. The van der Waals surface area contributed by atoms with Crippen molar-refractivity contribution in [3.05, 3.63) is 76.5 Å². The quantitative estimate of drug-likeness (QED) is 0.783. The second-order valence-corrected chi connectivity index (χ2v) is 6.83. The van der Waals surface area contributed by atoms with E-state index in [1.165, 1.54) is 18.2 Å². The third kappa shape index (κ3) is 4.68. The van der Waals surface area contributed by atoms with Gasteiger partial charge in [-0.15, -0.1) is 0 Å². The van der Waals surface area contributed by atoms with Crippen LogP contribution < -0.4 is 10.7 Å². The van der Waals surface area contributed by atoms with Gasteiger partial charge in [-0.25, -0.2) is 14.2 Å². The number of allylic oxidation sites excluding steroid dienone is 1. The molecule has 0 radical (unpaired) electrons. The summed E-state index contributed by atoms with van der Waals surface area (Å²) in [7, 11) is 0. The molecule has 2 amide bonds. The highest BCUT2D eigenvalue weighted by Gasteiger charge is 2.29. The molecule has 0 saturated carbocycles. The van der Waals surface area contributed by atoms with E-state index in [0.29, 0.717) is 29.8 Å².